The van der Waals surface area contributed by atoms with Crippen LogP contribution in [0, 0.1) is 6.92 Å². The SMILES string of the molecule is CCOC1CN(c2ccccn2)CC1Nc1c(C)nc(-c2ccc(C(F)(F)F)cc2Cl)n(C)c1=O. The molecule has 0 amide bonds. The predicted molar refractivity (Wildman–Crippen MR) is 129 cm³/mol. The van der Waals surface area contributed by atoms with Crippen LogP contribution in [0.15, 0.2) is 47.4 Å². The van der Waals surface area contributed by atoms with Crippen LogP contribution in [0.5, 0.6) is 0 Å². The van der Waals surface area contributed by atoms with Crippen molar-refractivity contribution in [3.05, 3.63) is 69.2 Å². The molecule has 3 heterocycles. The van der Waals surface area contributed by atoms with E-state index >= 15 is 0 Å². The van der Waals surface area contributed by atoms with Crippen molar-refractivity contribution in [2.75, 3.05) is 29.9 Å². The summed E-state index contributed by atoms with van der Waals surface area (Å²) in [4.78, 5) is 24.3. The van der Waals surface area contributed by atoms with Crippen molar-refractivity contribution in [2.45, 2.75) is 32.2 Å². The van der Waals surface area contributed by atoms with Crippen molar-refractivity contribution in [3.8, 4) is 11.4 Å². The molecule has 35 heavy (non-hydrogen) atoms. The average molecular weight is 508 g/mol. The zero-order valence-electron chi connectivity index (χ0n) is 19.4. The van der Waals surface area contributed by atoms with Crippen molar-refractivity contribution >= 4 is 23.1 Å². The van der Waals surface area contributed by atoms with Gasteiger partial charge in [0.15, 0.2) is 0 Å². The summed E-state index contributed by atoms with van der Waals surface area (Å²) >= 11 is 6.15. The Balaban J connectivity index is 1.64. The van der Waals surface area contributed by atoms with E-state index in [-0.39, 0.29) is 34.1 Å². The third kappa shape index (κ3) is 5.13. The molecule has 0 bridgehead atoms. The Morgan fingerprint density at radius 1 is 1.23 bits per heavy atom. The number of hydrogen-bond acceptors (Lipinski definition) is 6. The van der Waals surface area contributed by atoms with Crippen LogP contribution in [-0.2, 0) is 18.0 Å². The standard InChI is InChI=1S/C24H25ClF3N5O2/c1-4-35-19-13-33(20-7-5-6-10-29-20)12-18(19)31-21-14(2)30-22(32(3)23(21)34)16-9-8-15(11-17(16)25)24(26,27)28/h5-11,18-19,31H,4,12-13H2,1-3H3. The molecule has 3 aromatic rings. The maximum absolute atomic E-state index is 13.3. The van der Waals surface area contributed by atoms with Gasteiger partial charge in [-0.2, -0.15) is 13.2 Å². The summed E-state index contributed by atoms with van der Waals surface area (Å²) in [5.41, 5.74) is -0.285. The fourth-order valence-electron chi connectivity index (χ4n) is 4.20. The van der Waals surface area contributed by atoms with E-state index in [4.69, 9.17) is 16.3 Å². The van der Waals surface area contributed by atoms with Crippen LogP contribution in [-0.4, -0.2) is 46.4 Å². The Hall–Kier alpha value is -3.11. The molecule has 1 N–H and O–H groups in total. The van der Waals surface area contributed by atoms with Crippen molar-refractivity contribution < 1.29 is 17.9 Å². The lowest BCUT2D eigenvalue weighted by molar-refractivity contribution is -0.137. The van der Waals surface area contributed by atoms with E-state index < -0.39 is 11.7 Å². The van der Waals surface area contributed by atoms with Gasteiger partial charge in [0.2, 0.25) is 0 Å². The van der Waals surface area contributed by atoms with Gasteiger partial charge in [-0.15, -0.1) is 0 Å². The minimum Gasteiger partial charge on any atom is -0.374 e. The minimum absolute atomic E-state index is 0.138. The molecule has 0 spiro atoms. The number of pyridine rings is 1. The number of rotatable bonds is 6. The quantitative estimate of drug-likeness (QED) is 0.528. The number of aromatic nitrogens is 3. The number of halogens is 4. The van der Waals surface area contributed by atoms with E-state index in [0.717, 1.165) is 18.0 Å². The first-order valence-corrected chi connectivity index (χ1v) is 11.5. The van der Waals surface area contributed by atoms with Gasteiger partial charge in [-0.1, -0.05) is 17.7 Å². The van der Waals surface area contributed by atoms with Crippen LogP contribution < -0.4 is 15.8 Å². The largest absolute Gasteiger partial charge is 0.416 e. The second-order valence-electron chi connectivity index (χ2n) is 8.29. The molecule has 0 saturated carbocycles. The summed E-state index contributed by atoms with van der Waals surface area (Å²) < 4.78 is 46.3. The number of hydrogen-bond donors (Lipinski definition) is 1. The van der Waals surface area contributed by atoms with Crippen molar-refractivity contribution in [3.63, 3.8) is 0 Å². The molecule has 1 saturated heterocycles. The predicted octanol–water partition coefficient (Wildman–Crippen LogP) is 4.53. The molecule has 186 valence electrons. The number of aryl methyl sites for hydroxylation is 1. The third-order valence-electron chi connectivity index (χ3n) is 5.96. The highest BCUT2D eigenvalue weighted by Crippen LogP contribution is 2.35. The first kappa shape index (κ1) is 25.0. The maximum atomic E-state index is 13.3. The lowest BCUT2D eigenvalue weighted by atomic mass is 10.1. The number of nitrogens with one attached hydrogen (secondary N) is 1. The molecule has 0 aliphatic carbocycles. The van der Waals surface area contributed by atoms with Crippen LogP contribution in [0.2, 0.25) is 5.02 Å². The van der Waals surface area contributed by atoms with E-state index in [1.807, 2.05) is 25.1 Å². The molecule has 4 rings (SSSR count). The molecular formula is C24H25ClF3N5O2. The zero-order chi connectivity index (χ0) is 25.3. The number of nitrogens with zero attached hydrogens (tertiary/aromatic N) is 4. The smallest absolute Gasteiger partial charge is 0.374 e. The molecule has 2 atom stereocenters. The van der Waals surface area contributed by atoms with Gasteiger partial charge in [-0.3, -0.25) is 9.36 Å². The lowest BCUT2D eigenvalue weighted by Gasteiger charge is -2.22. The number of ether oxygens (including phenoxy) is 1. The summed E-state index contributed by atoms with van der Waals surface area (Å²) in [6.45, 7) is 5.27. The Morgan fingerprint density at radius 3 is 2.63 bits per heavy atom. The van der Waals surface area contributed by atoms with Gasteiger partial charge in [0, 0.05) is 38.5 Å². The minimum atomic E-state index is -4.52. The summed E-state index contributed by atoms with van der Waals surface area (Å²) in [5, 5.41) is 3.16. The Kier molecular flexibility index (Phi) is 7.05. The summed E-state index contributed by atoms with van der Waals surface area (Å²) in [6, 6.07) is 8.46. The Bertz CT molecular complexity index is 1270. The van der Waals surface area contributed by atoms with Gasteiger partial charge in [-0.05, 0) is 44.2 Å². The highest BCUT2D eigenvalue weighted by atomic mass is 35.5. The van der Waals surface area contributed by atoms with E-state index in [1.165, 1.54) is 17.7 Å². The average Bonchev–Trinajstić information content (AvgIpc) is 3.22. The van der Waals surface area contributed by atoms with Crippen molar-refractivity contribution in [2.24, 2.45) is 7.05 Å². The highest BCUT2D eigenvalue weighted by molar-refractivity contribution is 6.33. The molecule has 1 aromatic carbocycles. The molecule has 11 heteroatoms. The van der Waals surface area contributed by atoms with Crippen molar-refractivity contribution in [1.82, 2.24) is 14.5 Å². The third-order valence-corrected chi connectivity index (χ3v) is 6.27. The second kappa shape index (κ2) is 9.87. The topological polar surface area (TPSA) is 72.3 Å². The normalized spacial score (nSPS) is 18.2. The zero-order valence-corrected chi connectivity index (χ0v) is 20.2. The molecule has 1 aliphatic rings. The number of alkyl halides is 3. The first-order valence-electron chi connectivity index (χ1n) is 11.1. The van der Waals surface area contributed by atoms with Crippen LogP contribution in [0.3, 0.4) is 0 Å². The van der Waals surface area contributed by atoms with Crippen LogP contribution in [0.25, 0.3) is 11.4 Å². The molecule has 2 aromatic heterocycles. The number of benzene rings is 1. The Labute approximate surface area is 205 Å². The Morgan fingerprint density at radius 2 is 2.00 bits per heavy atom. The highest BCUT2D eigenvalue weighted by Gasteiger charge is 2.35. The summed E-state index contributed by atoms with van der Waals surface area (Å²) in [7, 11) is 1.51. The van der Waals surface area contributed by atoms with E-state index in [0.29, 0.717) is 31.1 Å². The molecule has 1 fully saturated rings. The van der Waals surface area contributed by atoms with Gasteiger partial charge < -0.3 is 15.0 Å². The van der Waals surface area contributed by atoms with Crippen LogP contribution in [0.4, 0.5) is 24.7 Å². The first-order chi connectivity index (χ1) is 16.6. The lowest BCUT2D eigenvalue weighted by Crippen LogP contribution is -2.38. The van der Waals surface area contributed by atoms with Crippen LogP contribution >= 0.6 is 11.6 Å². The monoisotopic (exact) mass is 507 g/mol. The van der Waals surface area contributed by atoms with Crippen LogP contribution in [0.1, 0.15) is 18.2 Å². The maximum Gasteiger partial charge on any atom is 0.416 e. The van der Waals surface area contributed by atoms with E-state index in [2.05, 4.69) is 20.2 Å². The molecular weight excluding hydrogens is 483 g/mol. The van der Waals surface area contributed by atoms with Crippen molar-refractivity contribution in [1.29, 1.82) is 0 Å². The second-order valence-corrected chi connectivity index (χ2v) is 8.70. The molecule has 0 radical (unpaired) electrons. The summed E-state index contributed by atoms with van der Waals surface area (Å²) in [5.74, 6) is 0.996. The fourth-order valence-corrected chi connectivity index (χ4v) is 4.46. The van der Waals surface area contributed by atoms with E-state index in [1.54, 1.807) is 13.1 Å². The van der Waals surface area contributed by atoms with Gasteiger partial charge in [-0.25, -0.2) is 9.97 Å². The molecule has 1 aliphatic heterocycles. The summed E-state index contributed by atoms with van der Waals surface area (Å²) in [6.07, 6.45) is -2.98. The van der Waals surface area contributed by atoms with Gasteiger partial charge in [0.25, 0.3) is 5.56 Å². The van der Waals surface area contributed by atoms with Gasteiger partial charge in [0.05, 0.1) is 28.4 Å². The molecule has 7 nitrogen and oxygen atoms in total. The van der Waals surface area contributed by atoms with Gasteiger partial charge >= 0.3 is 6.18 Å². The number of anilines is 2. The fraction of sp³-hybridized carbons (Fsp3) is 0.375. The molecule has 2 unspecified atom stereocenters. The van der Waals surface area contributed by atoms with Gasteiger partial charge in [0.1, 0.15) is 17.3 Å². The van der Waals surface area contributed by atoms with E-state index in [9.17, 15) is 18.0 Å².